The summed E-state index contributed by atoms with van der Waals surface area (Å²) in [5.74, 6) is 0.160. The van der Waals surface area contributed by atoms with Crippen molar-refractivity contribution < 1.29 is 5.11 Å². The molecular weight excluding hydrogens is 226 g/mol. The van der Waals surface area contributed by atoms with E-state index in [0.717, 1.165) is 16.6 Å². The van der Waals surface area contributed by atoms with Crippen molar-refractivity contribution in [2.45, 2.75) is 6.42 Å². The van der Waals surface area contributed by atoms with E-state index in [4.69, 9.17) is 0 Å². The summed E-state index contributed by atoms with van der Waals surface area (Å²) >= 11 is 0. The highest BCUT2D eigenvalue weighted by atomic mass is 16.3. The average Bonchev–Trinajstić information content (AvgIpc) is 2.82. The zero-order chi connectivity index (χ0) is 12.5. The number of phenols is 1. The largest absolute Gasteiger partial charge is 0.506 e. The van der Waals surface area contributed by atoms with E-state index >= 15 is 0 Å². The summed E-state index contributed by atoms with van der Waals surface area (Å²) in [6.07, 6.45) is 0.661. The highest BCUT2D eigenvalue weighted by Gasteiger charge is 2.08. The molecule has 18 heavy (non-hydrogen) atoms. The quantitative estimate of drug-likeness (QED) is 0.746. The summed E-state index contributed by atoms with van der Waals surface area (Å²) in [4.78, 5) is 1.46. The summed E-state index contributed by atoms with van der Waals surface area (Å²) in [6.45, 7) is 3.83. The fourth-order valence-electron chi connectivity index (χ4n) is 1.85. The molecule has 1 N–H and O–H groups in total. The highest BCUT2D eigenvalue weighted by molar-refractivity contribution is 5.73. The van der Waals surface area contributed by atoms with Crippen LogP contribution in [0.3, 0.4) is 0 Å². The lowest BCUT2D eigenvalue weighted by Crippen LogP contribution is -1.99. The van der Waals surface area contributed by atoms with Crippen LogP contribution in [0.2, 0.25) is 0 Å². The Hall–Kier alpha value is -2.36. The number of rotatable bonds is 2. The summed E-state index contributed by atoms with van der Waals surface area (Å²) < 4.78 is 0. The summed E-state index contributed by atoms with van der Waals surface area (Å²) in [5.41, 5.74) is 3.21. The van der Waals surface area contributed by atoms with Gasteiger partial charge in [-0.25, -0.2) is 0 Å². The standard InChI is InChI=1S/C14H12N3O/c1-2-10-7-8-14(18)13(9-10)17-15-11-5-3-4-6-12(11)16-17/h3-9,18H,1-2H2. The highest BCUT2D eigenvalue weighted by Crippen LogP contribution is 2.23. The van der Waals surface area contributed by atoms with E-state index in [1.807, 2.05) is 36.4 Å². The number of benzene rings is 2. The number of aromatic hydroxyl groups is 1. The van der Waals surface area contributed by atoms with Crippen molar-refractivity contribution in [2.75, 3.05) is 0 Å². The Morgan fingerprint density at radius 3 is 2.33 bits per heavy atom. The van der Waals surface area contributed by atoms with Gasteiger partial charge in [-0.3, -0.25) is 0 Å². The first-order chi connectivity index (χ1) is 8.78. The molecule has 0 aliphatic heterocycles. The zero-order valence-corrected chi connectivity index (χ0v) is 9.74. The second-order valence-corrected chi connectivity index (χ2v) is 4.05. The van der Waals surface area contributed by atoms with E-state index in [1.54, 1.807) is 6.07 Å². The van der Waals surface area contributed by atoms with Crippen LogP contribution in [0.25, 0.3) is 16.7 Å². The van der Waals surface area contributed by atoms with Gasteiger partial charge in [0.05, 0.1) is 0 Å². The van der Waals surface area contributed by atoms with E-state index < -0.39 is 0 Å². The number of aromatic nitrogens is 3. The molecule has 0 bridgehead atoms. The minimum atomic E-state index is 0.160. The molecular formula is C14H12N3O. The van der Waals surface area contributed by atoms with Gasteiger partial charge in [-0.15, -0.1) is 15.0 Å². The molecule has 1 radical (unpaired) electrons. The van der Waals surface area contributed by atoms with E-state index in [9.17, 15) is 5.11 Å². The molecule has 0 amide bonds. The average molecular weight is 238 g/mol. The molecule has 0 aliphatic rings. The second kappa shape index (κ2) is 4.14. The SMILES string of the molecule is [CH2]Cc1ccc(O)c(-n2nc3ccccc3n2)c1. The number of hydrogen-bond donors (Lipinski definition) is 1. The van der Waals surface area contributed by atoms with Gasteiger partial charge in [0.25, 0.3) is 0 Å². The summed E-state index contributed by atoms with van der Waals surface area (Å²) in [5, 5.41) is 18.6. The van der Waals surface area contributed by atoms with Crippen LogP contribution in [-0.4, -0.2) is 20.1 Å². The number of fused-ring (bicyclic) bond motifs is 1. The number of nitrogens with zero attached hydrogens (tertiary/aromatic N) is 3. The predicted octanol–water partition coefficient (Wildman–Crippen LogP) is 2.50. The van der Waals surface area contributed by atoms with Gasteiger partial charge in [-0.05, 0) is 43.2 Å². The van der Waals surface area contributed by atoms with E-state index in [2.05, 4.69) is 17.1 Å². The molecule has 0 spiro atoms. The smallest absolute Gasteiger partial charge is 0.143 e. The zero-order valence-electron chi connectivity index (χ0n) is 9.74. The van der Waals surface area contributed by atoms with Crippen molar-refractivity contribution in [1.29, 1.82) is 0 Å². The molecule has 0 unspecified atom stereocenters. The molecule has 0 fully saturated rings. The second-order valence-electron chi connectivity index (χ2n) is 4.05. The van der Waals surface area contributed by atoms with Crippen LogP contribution in [0.5, 0.6) is 5.75 Å². The van der Waals surface area contributed by atoms with Gasteiger partial charge in [-0.2, -0.15) is 0 Å². The number of hydrogen-bond acceptors (Lipinski definition) is 3. The van der Waals surface area contributed by atoms with Crippen LogP contribution in [0, 0.1) is 6.92 Å². The summed E-state index contributed by atoms with van der Waals surface area (Å²) in [6, 6.07) is 12.9. The molecule has 4 nitrogen and oxygen atoms in total. The summed E-state index contributed by atoms with van der Waals surface area (Å²) in [7, 11) is 0. The van der Waals surface area contributed by atoms with Crippen molar-refractivity contribution >= 4 is 11.0 Å². The Kier molecular flexibility index (Phi) is 2.48. The molecule has 0 saturated carbocycles. The van der Waals surface area contributed by atoms with E-state index in [-0.39, 0.29) is 5.75 Å². The topological polar surface area (TPSA) is 50.9 Å². The van der Waals surface area contributed by atoms with Crippen molar-refractivity contribution in [1.82, 2.24) is 15.0 Å². The van der Waals surface area contributed by atoms with Crippen LogP contribution >= 0.6 is 0 Å². The van der Waals surface area contributed by atoms with Gasteiger partial charge in [0.2, 0.25) is 0 Å². The molecule has 1 aromatic heterocycles. The minimum absolute atomic E-state index is 0.160. The molecule has 0 atom stereocenters. The maximum Gasteiger partial charge on any atom is 0.143 e. The Morgan fingerprint density at radius 2 is 1.72 bits per heavy atom. The Balaban J connectivity index is 2.19. The van der Waals surface area contributed by atoms with Crippen molar-refractivity contribution in [3.05, 3.63) is 55.0 Å². The van der Waals surface area contributed by atoms with Gasteiger partial charge in [0.1, 0.15) is 22.5 Å². The van der Waals surface area contributed by atoms with Crippen molar-refractivity contribution in [3.63, 3.8) is 0 Å². The maximum absolute atomic E-state index is 9.89. The predicted molar refractivity (Wildman–Crippen MR) is 69.6 cm³/mol. The van der Waals surface area contributed by atoms with E-state index in [0.29, 0.717) is 12.1 Å². The van der Waals surface area contributed by atoms with E-state index in [1.165, 1.54) is 4.80 Å². The molecule has 0 saturated heterocycles. The fraction of sp³-hybridized carbons (Fsp3) is 0.0714. The third kappa shape index (κ3) is 1.72. The van der Waals surface area contributed by atoms with Crippen LogP contribution in [0.4, 0.5) is 0 Å². The Morgan fingerprint density at radius 1 is 1.06 bits per heavy atom. The van der Waals surface area contributed by atoms with Gasteiger partial charge in [0.15, 0.2) is 0 Å². The Labute approximate surface area is 104 Å². The Bertz CT molecular complexity index is 670. The van der Waals surface area contributed by atoms with Gasteiger partial charge in [-0.1, -0.05) is 18.2 Å². The molecule has 3 aromatic rings. The van der Waals surface area contributed by atoms with Crippen LogP contribution in [0.1, 0.15) is 5.56 Å². The van der Waals surface area contributed by atoms with Crippen LogP contribution in [-0.2, 0) is 6.42 Å². The van der Waals surface area contributed by atoms with Crippen molar-refractivity contribution in [2.24, 2.45) is 0 Å². The number of phenolic OH excluding ortho intramolecular Hbond substituents is 1. The third-order valence-corrected chi connectivity index (χ3v) is 2.83. The molecule has 0 aliphatic carbocycles. The normalized spacial score (nSPS) is 10.9. The van der Waals surface area contributed by atoms with Crippen LogP contribution in [0.15, 0.2) is 42.5 Å². The lowest BCUT2D eigenvalue weighted by atomic mass is 10.1. The van der Waals surface area contributed by atoms with Gasteiger partial charge >= 0.3 is 0 Å². The van der Waals surface area contributed by atoms with Crippen LogP contribution < -0.4 is 0 Å². The first-order valence-corrected chi connectivity index (χ1v) is 5.71. The van der Waals surface area contributed by atoms with Crippen molar-refractivity contribution in [3.8, 4) is 11.4 Å². The molecule has 89 valence electrons. The lowest BCUT2D eigenvalue weighted by molar-refractivity contribution is 0.467. The fourth-order valence-corrected chi connectivity index (χ4v) is 1.85. The van der Waals surface area contributed by atoms with Gasteiger partial charge in [0, 0.05) is 0 Å². The monoisotopic (exact) mass is 238 g/mol. The minimum Gasteiger partial charge on any atom is -0.506 e. The molecule has 3 rings (SSSR count). The first kappa shape index (κ1) is 10.8. The molecule has 1 heterocycles. The molecule has 4 heteroatoms. The first-order valence-electron chi connectivity index (χ1n) is 5.71. The third-order valence-electron chi connectivity index (χ3n) is 2.83. The lowest BCUT2D eigenvalue weighted by Gasteiger charge is -2.04. The molecule has 2 aromatic carbocycles. The van der Waals surface area contributed by atoms with Gasteiger partial charge < -0.3 is 5.11 Å². The maximum atomic E-state index is 9.89.